The summed E-state index contributed by atoms with van der Waals surface area (Å²) in [6, 6.07) is 5.29. The molecule has 0 unspecified atom stereocenters. The van der Waals surface area contributed by atoms with E-state index in [1.165, 1.54) is 0 Å². The Hall–Kier alpha value is -2.34. The van der Waals surface area contributed by atoms with Gasteiger partial charge in [-0.3, -0.25) is 9.59 Å². The van der Waals surface area contributed by atoms with Crippen molar-refractivity contribution in [1.29, 1.82) is 0 Å². The number of benzene rings is 1. The molecule has 6 heteroatoms. The Morgan fingerprint density at radius 1 is 1.39 bits per heavy atom. The molecule has 0 saturated carbocycles. The molecule has 0 atom stereocenters. The number of nitrogen functional groups attached to an aromatic ring is 1. The minimum Gasteiger partial charge on any atom is -0.398 e. The second-order valence-electron chi connectivity index (χ2n) is 6.61. The summed E-state index contributed by atoms with van der Waals surface area (Å²) in [5.41, 5.74) is 5.81. The molecule has 0 saturated heterocycles. The van der Waals surface area contributed by atoms with Crippen molar-refractivity contribution in [3.63, 3.8) is 0 Å². The fourth-order valence-corrected chi connectivity index (χ4v) is 2.43. The Labute approximate surface area is 134 Å². The van der Waals surface area contributed by atoms with Crippen molar-refractivity contribution in [2.24, 2.45) is 0 Å². The minimum absolute atomic E-state index is 0.0191. The summed E-state index contributed by atoms with van der Waals surface area (Å²) in [4.78, 5) is 25.2. The SMILES string of the molecule is CC(C)n1cc(C(=O)NC(C)(C)CO)c(=O)c2c(N)cccc21. The molecule has 0 aliphatic carbocycles. The lowest BCUT2D eigenvalue weighted by Gasteiger charge is -2.24. The maximum Gasteiger partial charge on any atom is 0.257 e. The van der Waals surface area contributed by atoms with E-state index in [2.05, 4.69) is 5.32 Å². The number of pyridine rings is 1. The average molecular weight is 317 g/mol. The highest BCUT2D eigenvalue weighted by Crippen LogP contribution is 2.21. The number of aliphatic hydroxyl groups excluding tert-OH is 1. The van der Waals surface area contributed by atoms with E-state index in [1.807, 2.05) is 24.5 Å². The molecule has 1 aromatic heterocycles. The molecule has 6 nitrogen and oxygen atoms in total. The van der Waals surface area contributed by atoms with Crippen LogP contribution in [0.2, 0.25) is 0 Å². The number of anilines is 1. The third-order valence-corrected chi connectivity index (χ3v) is 3.74. The highest BCUT2D eigenvalue weighted by molar-refractivity contribution is 6.00. The molecule has 1 amide bonds. The van der Waals surface area contributed by atoms with E-state index in [9.17, 15) is 14.7 Å². The zero-order chi connectivity index (χ0) is 17.4. The summed E-state index contributed by atoms with van der Waals surface area (Å²) in [6.45, 7) is 7.06. The van der Waals surface area contributed by atoms with Crippen molar-refractivity contribution in [2.45, 2.75) is 39.3 Å². The molecule has 1 aromatic carbocycles. The van der Waals surface area contributed by atoms with E-state index < -0.39 is 16.9 Å². The van der Waals surface area contributed by atoms with Crippen molar-refractivity contribution in [3.8, 4) is 0 Å². The minimum atomic E-state index is -0.816. The molecule has 2 rings (SSSR count). The number of amides is 1. The maximum absolute atomic E-state index is 12.7. The van der Waals surface area contributed by atoms with Gasteiger partial charge in [-0.15, -0.1) is 0 Å². The van der Waals surface area contributed by atoms with Gasteiger partial charge in [0.15, 0.2) is 0 Å². The molecular weight excluding hydrogens is 294 g/mol. The Balaban J connectivity index is 2.71. The molecule has 0 bridgehead atoms. The third kappa shape index (κ3) is 3.22. The van der Waals surface area contributed by atoms with Gasteiger partial charge in [0.2, 0.25) is 5.43 Å². The predicted molar refractivity (Wildman–Crippen MR) is 91.6 cm³/mol. The Morgan fingerprint density at radius 3 is 2.61 bits per heavy atom. The number of rotatable bonds is 4. The van der Waals surface area contributed by atoms with Gasteiger partial charge in [0.25, 0.3) is 5.91 Å². The summed E-state index contributed by atoms with van der Waals surface area (Å²) in [7, 11) is 0. The van der Waals surface area contributed by atoms with Crippen LogP contribution < -0.4 is 16.5 Å². The predicted octanol–water partition coefficient (Wildman–Crippen LogP) is 1.67. The normalized spacial score (nSPS) is 11.9. The van der Waals surface area contributed by atoms with Crippen molar-refractivity contribution >= 4 is 22.5 Å². The van der Waals surface area contributed by atoms with Crippen LogP contribution in [0, 0.1) is 0 Å². The molecule has 0 fully saturated rings. The lowest BCUT2D eigenvalue weighted by Crippen LogP contribution is -2.47. The van der Waals surface area contributed by atoms with Gasteiger partial charge in [-0.05, 0) is 39.8 Å². The number of aliphatic hydroxyl groups is 1. The van der Waals surface area contributed by atoms with Crippen molar-refractivity contribution in [2.75, 3.05) is 12.3 Å². The lowest BCUT2D eigenvalue weighted by molar-refractivity contribution is 0.0867. The number of nitrogens with one attached hydrogen (secondary N) is 1. The lowest BCUT2D eigenvalue weighted by atomic mass is 10.0. The molecule has 2 aromatic rings. The maximum atomic E-state index is 12.7. The van der Waals surface area contributed by atoms with Gasteiger partial charge >= 0.3 is 0 Å². The average Bonchev–Trinajstić information content (AvgIpc) is 2.46. The van der Waals surface area contributed by atoms with Crippen molar-refractivity contribution < 1.29 is 9.90 Å². The van der Waals surface area contributed by atoms with Crippen molar-refractivity contribution in [1.82, 2.24) is 9.88 Å². The van der Waals surface area contributed by atoms with E-state index in [0.29, 0.717) is 16.6 Å². The number of fused-ring (bicyclic) bond motifs is 1. The zero-order valence-electron chi connectivity index (χ0n) is 13.9. The number of aromatic nitrogens is 1. The molecule has 0 radical (unpaired) electrons. The van der Waals surface area contributed by atoms with Gasteiger partial charge < -0.3 is 20.7 Å². The Kier molecular flexibility index (Phi) is 4.47. The van der Waals surface area contributed by atoms with E-state index in [-0.39, 0.29) is 18.2 Å². The topological polar surface area (TPSA) is 97.4 Å². The van der Waals surface area contributed by atoms with Crippen molar-refractivity contribution in [3.05, 3.63) is 40.2 Å². The molecule has 23 heavy (non-hydrogen) atoms. The second-order valence-corrected chi connectivity index (χ2v) is 6.61. The van der Waals surface area contributed by atoms with Crippen LogP contribution in [0.15, 0.2) is 29.2 Å². The molecule has 0 aliphatic heterocycles. The highest BCUT2D eigenvalue weighted by atomic mass is 16.3. The molecular formula is C17H23N3O3. The first-order chi connectivity index (χ1) is 10.7. The third-order valence-electron chi connectivity index (χ3n) is 3.74. The monoisotopic (exact) mass is 317 g/mol. The number of nitrogens with zero attached hydrogens (tertiary/aromatic N) is 1. The van der Waals surface area contributed by atoms with Gasteiger partial charge in [0.05, 0.1) is 23.0 Å². The number of carbonyl (C=O) groups is 1. The quantitative estimate of drug-likeness (QED) is 0.747. The smallest absolute Gasteiger partial charge is 0.257 e. The fraction of sp³-hybridized carbons (Fsp3) is 0.412. The van der Waals surface area contributed by atoms with Crippen LogP contribution in [0.1, 0.15) is 44.1 Å². The molecule has 0 aliphatic rings. The first-order valence-corrected chi connectivity index (χ1v) is 7.54. The largest absolute Gasteiger partial charge is 0.398 e. The first-order valence-electron chi connectivity index (χ1n) is 7.54. The Bertz CT molecular complexity index is 807. The molecule has 0 spiro atoms. The fourth-order valence-electron chi connectivity index (χ4n) is 2.43. The molecule has 124 valence electrons. The van der Waals surface area contributed by atoms with Crippen LogP contribution in [-0.2, 0) is 0 Å². The van der Waals surface area contributed by atoms with E-state index in [4.69, 9.17) is 5.73 Å². The summed E-state index contributed by atoms with van der Waals surface area (Å²) < 4.78 is 1.86. The summed E-state index contributed by atoms with van der Waals surface area (Å²) in [5, 5.41) is 12.3. The number of carbonyl (C=O) groups excluding carboxylic acids is 1. The second kappa shape index (κ2) is 6.04. The molecule has 4 N–H and O–H groups in total. The van der Waals surface area contributed by atoms with Crippen LogP contribution >= 0.6 is 0 Å². The molecule has 1 heterocycles. The van der Waals surface area contributed by atoms with E-state index in [1.54, 1.807) is 32.2 Å². The van der Waals surface area contributed by atoms with E-state index >= 15 is 0 Å². The van der Waals surface area contributed by atoms with E-state index in [0.717, 1.165) is 0 Å². The van der Waals surface area contributed by atoms with Crippen LogP contribution in [0.5, 0.6) is 0 Å². The van der Waals surface area contributed by atoms with Gasteiger partial charge in [-0.25, -0.2) is 0 Å². The summed E-state index contributed by atoms with van der Waals surface area (Å²) >= 11 is 0. The van der Waals surface area contributed by atoms with Crippen LogP contribution in [0.25, 0.3) is 10.9 Å². The summed E-state index contributed by atoms with van der Waals surface area (Å²) in [6.07, 6.45) is 1.55. The standard InChI is InChI=1S/C17H23N3O3/c1-10(2)20-8-11(16(23)19-17(3,4)9-21)15(22)14-12(18)6-5-7-13(14)20/h5-8,10,21H,9,18H2,1-4H3,(H,19,23). The summed E-state index contributed by atoms with van der Waals surface area (Å²) in [5.74, 6) is -0.520. The Morgan fingerprint density at radius 2 is 2.04 bits per heavy atom. The number of hydrogen-bond donors (Lipinski definition) is 3. The number of hydrogen-bond acceptors (Lipinski definition) is 4. The highest BCUT2D eigenvalue weighted by Gasteiger charge is 2.24. The van der Waals surface area contributed by atoms with Gasteiger partial charge in [-0.1, -0.05) is 6.07 Å². The number of nitrogens with two attached hydrogens (primary N) is 1. The van der Waals surface area contributed by atoms with Crippen LogP contribution in [-0.4, -0.2) is 27.7 Å². The van der Waals surface area contributed by atoms with Gasteiger partial charge in [-0.2, -0.15) is 0 Å². The van der Waals surface area contributed by atoms with Gasteiger partial charge in [0.1, 0.15) is 5.56 Å². The van der Waals surface area contributed by atoms with Crippen LogP contribution in [0.4, 0.5) is 5.69 Å². The van der Waals surface area contributed by atoms with Gasteiger partial charge in [0, 0.05) is 17.9 Å². The first kappa shape index (κ1) is 17.0. The van der Waals surface area contributed by atoms with Crippen LogP contribution in [0.3, 0.4) is 0 Å². The zero-order valence-corrected chi connectivity index (χ0v) is 13.9.